The molecule has 1 heterocycles. The third-order valence-electron chi connectivity index (χ3n) is 2.86. The summed E-state index contributed by atoms with van der Waals surface area (Å²) in [7, 11) is -1.03. The Balaban J connectivity index is 2.22. The molecule has 1 aliphatic rings. The predicted molar refractivity (Wildman–Crippen MR) is 66.7 cm³/mol. The first-order chi connectivity index (χ1) is 7.65. The van der Waals surface area contributed by atoms with Gasteiger partial charge < -0.3 is 10.6 Å². The van der Waals surface area contributed by atoms with E-state index in [1.165, 1.54) is 0 Å². The monoisotopic (exact) mass is 246 g/mol. The Bertz CT molecular complexity index is 254. The molecular formula is C11H22N2O2S. The molecule has 94 valence electrons. The molecule has 0 saturated carbocycles. The summed E-state index contributed by atoms with van der Waals surface area (Å²) in [5, 5.41) is 5.59. The van der Waals surface area contributed by atoms with Gasteiger partial charge in [-0.25, -0.2) is 0 Å². The van der Waals surface area contributed by atoms with Gasteiger partial charge in [0, 0.05) is 36.2 Å². The van der Waals surface area contributed by atoms with Gasteiger partial charge in [-0.3, -0.25) is 9.00 Å². The Morgan fingerprint density at radius 3 is 2.75 bits per heavy atom. The van der Waals surface area contributed by atoms with Crippen molar-refractivity contribution < 1.29 is 9.00 Å². The van der Waals surface area contributed by atoms with Gasteiger partial charge in [-0.1, -0.05) is 13.3 Å². The number of carbonyl (C=O) groups is 1. The fourth-order valence-electron chi connectivity index (χ4n) is 1.49. The van der Waals surface area contributed by atoms with Crippen molar-refractivity contribution in [2.24, 2.45) is 5.92 Å². The predicted octanol–water partition coefficient (Wildman–Crippen LogP) is 0.259. The molecule has 5 heteroatoms. The summed E-state index contributed by atoms with van der Waals surface area (Å²) < 4.78 is 11.8. The van der Waals surface area contributed by atoms with Crippen LogP contribution in [0.1, 0.15) is 26.7 Å². The van der Waals surface area contributed by atoms with Crippen molar-refractivity contribution in [2.45, 2.75) is 31.9 Å². The van der Waals surface area contributed by atoms with Crippen LogP contribution in [-0.4, -0.2) is 40.8 Å². The van der Waals surface area contributed by atoms with Crippen LogP contribution >= 0.6 is 0 Å². The molecule has 0 aromatic heterocycles. The smallest absolute Gasteiger partial charge is 0.235 e. The van der Waals surface area contributed by atoms with Crippen molar-refractivity contribution in [1.29, 1.82) is 0 Å². The van der Waals surface area contributed by atoms with E-state index in [4.69, 9.17) is 0 Å². The van der Waals surface area contributed by atoms with Gasteiger partial charge in [0.1, 0.15) is 5.25 Å². The molecule has 1 fully saturated rings. The van der Waals surface area contributed by atoms with Crippen molar-refractivity contribution in [2.75, 3.05) is 25.4 Å². The normalized spacial score (nSPS) is 19.9. The summed E-state index contributed by atoms with van der Waals surface area (Å²) >= 11 is 0. The van der Waals surface area contributed by atoms with Crippen molar-refractivity contribution in [3.05, 3.63) is 0 Å². The Labute approximate surface area is 100 Å². The third-order valence-corrected chi connectivity index (χ3v) is 4.66. The van der Waals surface area contributed by atoms with Crippen molar-refractivity contribution in [3.8, 4) is 0 Å². The number of amides is 1. The molecule has 0 aliphatic carbocycles. The number of hydrogen-bond acceptors (Lipinski definition) is 3. The summed E-state index contributed by atoms with van der Waals surface area (Å²) in [6.07, 6.45) is 2.04. The van der Waals surface area contributed by atoms with E-state index >= 15 is 0 Å². The zero-order chi connectivity index (χ0) is 12.0. The molecule has 1 saturated heterocycles. The SMILES string of the molecule is CCCCNC(=O)C(C)S(=O)CC1CNC1. The summed E-state index contributed by atoms with van der Waals surface area (Å²) in [5.41, 5.74) is 0. The Morgan fingerprint density at radius 2 is 2.25 bits per heavy atom. The number of carbonyl (C=O) groups excluding carboxylic acids is 1. The van der Waals surface area contributed by atoms with Crippen LogP contribution in [0, 0.1) is 5.92 Å². The summed E-state index contributed by atoms with van der Waals surface area (Å²) in [6.45, 7) is 6.41. The lowest BCUT2D eigenvalue weighted by Crippen LogP contribution is -2.47. The number of nitrogens with one attached hydrogen (secondary N) is 2. The maximum Gasteiger partial charge on any atom is 0.235 e. The van der Waals surface area contributed by atoms with E-state index in [2.05, 4.69) is 17.6 Å². The van der Waals surface area contributed by atoms with E-state index in [0.717, 1.165) is 25.9 Å². The molecule has 0 radical (unpaired) electrons. The van der Waals surface area contributed by atoms with E-state index in [1.807, 2.05) is 0 Å². The lowest BCUT2D eigenvalue weighted by atomic mass is 10.1. The van der Waals surface area contributed by atoms with Crippen LogP contribution in [0.5, 0.6) is 0 Å². The number of hydrogen-bond donors (Lipinski definition) is 2. The second kappa shape index (κ2) is 7.01. The molecule has 1 rings (SSSR count). The van der Waals surface area contributed by atoms with E-state index in [0.29, 0.717) is 18.2 Å². The van der Waals surface area contributed by atoms with Crippen LogP contribution in [0.2, 0.25) is 0 Å². The zero-order valence-corrected chi connectivity index (χ0v) is 10.9. The quantitative estimate of drug-likeness (QED) is 0.634. The standard InChI is InChI=1S/C11H22N2O2S/c1-3-4-5-13-11(14)9(2)16(15)8-10-6-12-7-10/h9-10,12H,3-8H2,1-2H3,(H,13,14). The first-order valence-electron chi connectivity index (χ1n) is 6.00. The molecule has 0 spiro atoms. The minimum atomic E-state index is -1.03. The van der Waals surface area contributed by atoms with Crippen LogP contribution in [0.4, 0.5) is 0 Å². The maximum atomic E-state index is 11.8. The molecule has 2 atom stereocenters. The Morgan fingerprint density at radius 1 is 1.56 bits per heavy atom. The van der Waals surface area contributed by atoms with Gasteiger partial charge in [-0.05, 0) is 19.3 Å². The topological polar surface area (TPSA) is 58.2 Å². The summed E-state index contributed by atoms with van der Waals surface area (Å²) in [6, 6.07) is 0. The minimum Gasteiger partial charge on any atom is -0.355 e. The summed E-state index contributed by atoms with van der Waals surface area (Å²) in [4.78, 5) is 11.6. The molecular weight excluding hydrogens is 224 g/mol. The molecule has 16 heavy (non-hydrogen) atoms. The molecule has 0 aromatic carbocycles. The van der Waals surface area contributed by atoms with Crippen LogP contribution < -0.4 is 10.6 Å². The molecule has 1 amide bonds. The van der Waals surface area contributed by atoms with Gasteiger partial charge in [0.15, 0.2) is 0 Å². The minimum absolute atomic E-state index is 0.0703. The second-order valence-electron chi connectivity index (χ2n) is 4.36. The highest BCUT2D eigenvalue weighted by atomic mass is 32.2. The van der Waals surface area contributed by atoms with Crippen molar-refractivity contribution >= 4 is 16.7 Å². The third kappa shape index (κ3) is 4.22. The van der Waals surface area contributed by atoms with Gasteiger partial charge in [-0.15, -0.1) is 0 Å². The average Bonchev–Trinajstić information content (AvgIpc) is 2.22. The Kier molecular flexibility index (Phi) is 5.98. The van der Waals surface area contributed by atoms with E-state index in [1.54, 1.807) is 6.92 Å². The molecule has 0 aromatic rings. The van der Waals surface area contributed by atoms with Gasteiger partial charge in [0.2, 0.25) is 5.91 Å². The molecule has 1 aliphatic heterocycles. The van der Waals surface area contributed by atoms with Crippen LogP contribution in [-0.2, 0) is 15.6 Å². The van der Waals surface area contributed by atoms with Crippen LogP contribution in [0.25, 0.3) is 0 Å². The highest BCUT2D eigenvalue weighted by molar-refractivity contribution is 7.86. The van der Waals surface area contributed by atoms with E-state index in [9.17, 15) is 9.00 Å². The largest absolute Gasteiger partial charge is 0.355 e. The Hall–Kier alpha value is -0.420. The lowest BCUT2D eigenvalue weighted by Gasteiger charge is -2.27. The average molecular weight is 246 g/mol. The number of unbranched alkanes of at least 4 members (excludes halogenated alkanes) is 1. The second-order valence-corrected chi connectivity index (χ2v) is 6.16. The first-order valence-corrected chi connectivity index (χ1v) is 7.39. The van der Waals surface area contributed by atoms with Gasteiger partial charge >= 0.3 is 0 Å². The number of rotatable bonds is 7. The maximum absolute atomic E-state index is 11.8. The van der Waals surface area contributed by atoms with Crippen molar-refractivity contribution in [3.63, 3.8) is 0 Å². The molecule has 2 N–H and O–H groups in total. The molecule has 0 bridgehead atoms. The highest BCUT2D eigenvalue weighted by Gasteiger charge is 2.25. The zero-order valence-electron chi connectivity index (χ0n) is 10.1. The first kappa shape index (κ1) is 13.6. The van der Waals surface area contributed by atoms with Gasteiger partial charge in [0.25, 0.3) is 0 Å². The van der Waals surface area contributed by atoms with Gasteiger partial charge in [-0.2, -0.15) is 0 Å². The lowest BCUT2D eigenvalue weighted by molar-refractivity contribution is -0.120. The fraction of sp³-hybridized carbons (Fsp3) is 0.909. The van der Waals surface area contributed by atoms with Crippen LogP contribution in [0.15, 0.2) is 0 Å². The fourth-order valence-corrected chi connectivity index (χ4v) is 2.81. The molecule has 2 unspecified atom stereocenters. The van der Waals surface area contributed by atoms with E-state index in [-0.39, 0.29) is 11.2 Å². The summed E-state index contributed by atoms with van der Waals surface area (Å²) in [5.74, 6) is 1.07. The van der Waals surface area contributed by atoms with Crippen molar-refractivity contribution in [1.82, 2.24) is 10.6 Å². The van der Waals surface area contributed by atoms with Gasteiger partial charge in [0.05, 0.1) is 0 Å². The van der Waals surface area contributed by atoms with Crippen LogP contribution in [0.3, 0.4) is 0 Å². The molecule has 4 nitrogen and oxygen atoms in total. The highest BCUT2D eigenvalue weighted by Crippen LogP contribution is 2.08. The van der Waals surface area contributed by atoms with E-state index < -0.39 is 10.8 Å².